The molecule has 0 spiro atoms. The third kappa shape index (κ3) is 6.23. The Bertz CT molecular complexity index is 1370. The second-order valence-corrected chi connectivity index (χ2v) is 10.5. The van der Waals surface area contributed by atoms with Crippen LogP contribution in [0.1, 0.15) is 39.1 Å². The van der Waals surface area contributed by atoms with Gasteiger partial charge < -0.3 is 15.4 Å². The molecule has 188 valence electrons. The molecule has 1 aliphatic rings. The van der Waals surface area contributed by atoms with Crippen molar-refractivity contribution in [1.82, 2.24) is 5.32 Å². The van der Waals surface area contributed by atoms with Gasteiger partial charge in [-0.3, -0.25) is 14.3 Å². The Morgan fingerprint density at radius 2 is 1.75 bits per heavy atom. The van der Waals surface area contributed by atoms with Crippen molar-refractivity contribution in [1.29, 1.82) is 0 Å². The van der Waals surface area contributed by atoms with Crippen LogP contribution in [0.15, 0.2) is 71.6 Å². The molecule has 0 aromatic heterocycles. The number of halogens is 1. The molecule has 0 bridgehead atoms. The van der Waals surface area contributed by atoms with Gasteiger partial charge in [-0.05, 0) is 62.2 Å². The van der Waals surface area contributed by atoms with Crippen LogP contribution in [0.2, 0.25) is 5.02 Å². The Morgan fingerprint density at radius 1 is 1.00 bits per heavy atom. The van der Waals surface area contributed by atoms with Crippen molar-refractivity contribution >= 4 is 44.8 Å². The fourth-order valence-corrected chi connectivity index (χ4v) is 5.03. The summed E-state index contributed by atoms with van der Waals surface area (Å²) in [6.07, 6.45) is 1.84. The first-order valence-electron chi connectivity index (χ1n) is 11.4. The van der Waals surface area contributed by atoms with Crippen LogP contribution >= 0.6 is 11.6 Å². The highest BCUT2D eigenvalue weighted by molar-refractivity contribution is 7.92. The zero-order valence-electron chi connectivity index (χ0n) is 19.6. The van der Waals surface area contributed by atoms with Gasteiger partial charge in [0, 0.05) is 18.8 Å². The number of aryl methyl sites for hydroxylation is 1. The van der Waals surface area contributed by atoms with Gasteiger partial charge in [0.15, 0.2) is 0 Å². The number of amides is 2. The summed E-state index contributed by atoms with van der Waals surface area (Å²) < 4.78 is 33.5. The molecule has 1 heterocycles. The SMILES string of the molecule is Cc1ccc(S(=O)(=O)Nc2ccc(Cl)c(C(=O)Nc3ccccc3C(=O)NC[C@H]3CCCO3)c2)cc1. The molecule has 3 aromatic carbocycles. The van der Waals surface area contributed by atoms with Crippen molar-refractivity contribution in [3.63, 3.8) is 0 Å². The van der Waals surface area contributed by atoms with Gasteiger partial charge in [-0.25, -0.2) is 8.42 Å². The zero-order valence-corrected chi connectivity index (χ0v) is 21.2. The van der Waals surface area contributed by atoms with Crippen LogP contribution in [0.25, 0.3) is 0 Å². The quantitative estimate of drug-likeness (QED) is 0.396. The molecule has 0 radical (unpaired) electrons. The minimum Gasteiger partial charge on any atom is -0.376 e. The highest BCUT2D eigenvalue weighted by atomic mass is 35.5. The average Bonchev–Trinajstić information content (AvgIpc) is 3.38. The number of carbonyl (C=O) groups excluding carboxylic acids is 2. The number of sulfonamides is 1. The van der Waals surface area contributed by atoms with Crippen LogP contribution < -0.4 is 15.4 Å². The first-order valence-corrected chi connectivity index (χ1v) is 13.3. The van der Waals surface area contributed by atoms with Gasteiger partial charge in [-0.1, -0.05) is 41.4 Å². The third-order valence-corrected chi connectivity index (χ3v) is 7.46. The number of carbonyl (C=O) groups is 2. The summed E-state index contributed by atoms with van der Waals surface area (Å²) in [7, 11) is -3.86. The first kappa shape index (κ1) is 25.7. The maximum Gasteiger partial charge on any atom is 0.261 e. The van der Waals surface area contributed by atoms with Gasteiger partial charge in [0.2, 0.25) is 0 Å². The van der Waals surface area contributed by atoms with Crippen molar-refractivity contribution in [2.45, 2.75) is 30.8 Å². The van der Waals surface area contributed by atoms with Crippen molar-refractivity contribution in [2.75, 3.05) is 23.2 Å². The van der Waals surface area contributed by atoms with E-state index in [9.17, 15) is 18.0 Å². The van der Waals surface area contributed by atoms with Gasteiger partial charge >= 0.3 is 0 Å². The Kier molecular flexibility index (Phi) is 7.93. The van der Waals surface area contributed by atoms with Crippen LogP contribution in [0, 0.1) is 6.92 Å². The van der Waals surface area contributed by atoms with Crippen LogP contribution in [0.5, 0.6) is 0 Å². The molecule has 3 N–H and O–H groups in total. The Morgan fingerprint density at radius 3 is 2.47 bits per heavy atom. The van der Waals surface area contributed by atoms with E-state index in [1.807, 2.05) is 6.92 Å². The molecule has 36 heavy (non-hydrogen) atoms. The fraction of sp³-hybridized carbons (Fsp3) is 0.231. The standard InChI is InChI=1S/C26H26ClN3O5S/c1-17-8-11-20(12-9-17)36(33,34)30-18-10-13-23(27)22(15-18)26(32)29-24-7-3-2-6-21(24)25(31)28-16-19-5-4-14-35-19/h2-3,6-13,15,19,30H,4-5,14,16H2,1H3,(H,28,31)(H,29,32)/t19-/m1/s1. The van der Waals surface area contributed by atoms with Crippen LogP contribution in [0.4, 0.5) is 11.4 Å². The molecule has 0 unspecified atom stereocenters. The molecule has 0 saturated carbocycles. The van der Waals surface area contributed by atoms with E-state index in [1.54, 1.807) is 36.4 Å². The summed E-state index contributed by atoms with van der Waals surface area (Å²) >= 11 is 6.26. The summed E-state index contributed by atoms with van der Waals surface area (Å²) in [5, 5.41) is 5.68. The number of rotatable bonds is 8. The second-order valence-electron chi connectivity index (χ2n) is 8.46. The lowest BCUT2D eigenvalue weighted by atomic mass is 10.1. The molecule has 1 fully saturated rings. The fourth-order valence-electron chi connectivity index (χ4n) is 3.78. The lowest BCUT2D eigenvalue weighted by Crippen LogP contribution is -2.32. The maximum atomic E-state index is 13.1. The van der Waals surface area contributed by atoms with E-state index in [-0.39, 0.29) is 38.7 Å². The molecule has 1 atom stereocenters. The molecule has 4 rings (SSSR count). The lowest BCUT2D eigenvalue weighted by molar-refractivity contribution is 0.0858. The molecule has 1 saturated heterocycles. The molecular weight excluding hydrogens is 502 g/mol. The van der Waals surface area contributed by atoms with E-state index in [2.05, 4.69) is 15.4 Å². The normalized spacial score (nSPS) is 15.3. The summed E-state index contributed by atoms with van der Waals surface area (Å²) in [6, 6.07) is 17.3. The smallest absolute Gasteiger partial charge is 0.261 e. The molecule has 0 aliphatic carbocycles. The number of benzene rings is 3. The molecule has 1 aliphatic heterocycles. The minimum absolute atomic E-state index is 0.0130. The van der Waals surface area contributed by atoms with Crippen molar-refractivity contribution < 1.29 is 22.7 Å². The molecule has 2 amide bonds. The lowest BCUT2D eigenvalue weighted by Gasteiger charge is -2.15. The minimum atomic E-state index is -3.86. The number of para-hydroxylation sites is 1. The molecule has 3 aromatic rings. The second kappa shape index (κ2) is 11.1. The van der Waals surface area contributed by atoms with E-state index < -0.39 is 15.9 Å². The van der Waals surface area contributed by atoms with Gasteiger partial charge in [-0.2, -0.15) is 0 Å². The Labute approximate surface area is 215 Å². The van der Waals surface area contributed by atoms with E-state index in [0.717, 1.165) is 18.4 Å². The largest absolute Gasteiger partial charge is 0.376 e. The Hall–Kier alpha value is -3.40. The highest BCUT2D eigenvalue weighted by Crippen LogP contribution is 2.25. The number of nitrogens with one attached hydrogen (secondary N) is 3. The van der Waals surface area contributed by atoms with Gasteiger partial charge in [0.1, 0.15) is 0 Å². The van der Waals surface area contributed by atoms with Gasteiger partial charge in [0.25, 0.3) is 21.8 Å². The maximum absolute atomic E-state index is 13.1. The number of hydrogen-bond acceptors (Lipinski definition) is 5. The summed E-state index contributed by atoms with van der Waals surface area (Å²) in [5.41, 5.74) is 1.74. The van der Waals surface area contributed by atoms with E-state index >= 15 is 0 Å². The average molecular weight is 528 g/mol. The number of anilines is 2. The van der Waals surface area contributed by atoms with Gasteiger partial charge in [-0.15, -0.1) is 0 Å². The van der Waals surface area contributed by atoms with E-state index in [4.69, 9.17) is 16.3 Å². The van der Waals surface area contributed by atoms with Gasteiger partial charge in [0.05, 0.1) is 32.8 Å². The predicted octanol–water partition coefficient (Wildman–Crippen LogP) is 4.61. The molecule has 8 nitrogen and oxygen atoms in total. The predicted molar refractivity (Wildman–Crippen MR) is 139 cm³/mol. The zero-order chi connectivity index (χ0) is 25.7. The topological polar surface area (TPSA) is 114 Å². The third-order valence-electron chi connectivity index (χ3n) is 5.73. The summed E-state index contributed by atoms with van der Waals surface area (Å²) in [5.74, 6) is -0.928. The highest BCUT2D eigenvalue weighted by Gasteiger charge is 2.20. The van der Waals surface area contributed by atoms with Crippen molar-refractivity contribution in [3.8, 4) is 0 Å². The number of hydrogen-bond donors (Lipinski definition) is 3. The Balaban J connectivity index is 1.50. The van der Waals surface area contributed by atoms with Crippen LogP contribution in [0.3, 0.4) is 0 Å². The van der Waals surface area contributed by atoms with Crippen LogP contribution in [-0.4, -0.2) is 39.5 Å². The van der Waals surface area contributed by atoms with Crippen molar-refractivity contribution in [2.24, 2.45) is 0 Å². The van der Waals surface area contributed by atoms with E-state index in [0.29, 0.717) is 18.8 Å². The van der Waals surface area contributed by atoms with E-state index in [1.165, 1.54) is 30.3 Å². The first-order chi connectivity index (χ1) is 17.2. The summed E-state index contributed by atoms with van der Waals surface area (Å²) in [6.45, 7) is 2.93. The molecular formula is C26H26ClN3O5S. The van der Waals surface area contributed by atoms with Crippen LogP contribution in [-0.2, 0) is 14.8 Å². The monoisotopic (exact) mass is 527 g/mol. The van der Waals surface area contributed by atoms with Crippen molar-refractivity contribution in [3.05, 3.63) is 88.4 Å². The summed E-state index contributed by atoms with van der Waals surface area (Å²) in [4.78, 5) is 25.9. The molecule has 10 heteroatoms. The number of ether oxygens (including phenoxy) is 1.